The number of aromatic carboxylic acids is 1. The molecule has 0 bridgehead atoms. The molecule has 2 rings (SSSR count). The Bertz CT molecular complexity index is 622. The number of aryl methyl sites for hydroxylation is 2. The predicted octanol–water partition coefficient (Wildman–Crippen LogP) is 3.52. The average Bonchev–Trinajstić information content (AvgIpc) is 2.70. The van der Waals surface area contributed by atoms with Crippen molar-refractivity contribution < 1.29 is 9.90 Å². The Morgan fingerprint density at radius 3 is 2.35 bits per heavy atom. The monoisotopic (exact) mass is 272 g/mol. The highest BCUT2D eigenvalue weighted by atomic mass is 16.4. The van der Waals surface area contributed by atoms with Crippen LogP contribution in [0, 0.1) is 19.8 Å². The molecule has 0 spiro atoms. The van der Waals surface area contributed by atoms with Gasteiger partial charge in [-0.15, -0.1) is 0 Å². The van der Waals surface area contributed by atoms with Gasteiger partial charge in [-0.05, 0) is 31.9 Å². The normalized spacial score (nSPS) is 11.1. The smallest absolute Gasteiger partial charge is 0.339 e. The van der Waals surface area contributed by atoms with Crippen molar-refractivity contribution in [3.63, 3.8) is 0 Å². The highest BCUT2D eigenvalue weighted by Crippen LogP contribution is 2.25. The molecule has 0 aliphatic carbocycles. The zero-order valence-electron chi connectivity index (χ0n) is 12.3. The Balaban J connectivity index is 2.53. The van der Waals surface area contributed by atoms with Crippen LogP contribution < -0.4 is 0 Å². The van der Waals surface area contributed by atoms with Crippen LogP contribution in [0.15, 0.2) is 24.4 Å². The minimum absolute atomic E-state index is 0.260. The van der Waals surface area contributed by atoms with E-state index in [9.17, 15) is 9.90 Å². The van der Waals surface area contributed by atoms with Crippen LogP contribution in [0.25, 0.3) is 11.3 Å². The molecule has 0 radical (unpaired) electrons. The quantitative estimate of drug-likeness (QED) is 0.926. The molecule has 0 atom stereocenters. The van der Waals surface area contributed by atoms with Crippen LogP contribution in [0.1, 0.15) is 35.3 Å². The molecule has 2 aromatic rings. The van der Waals surface area contributed by atoms with E-state index in [2.05, 4.69) is 25.0 Å². The van der Waals surface area contributed by atoms with Crippen molar-refractivity contribution in [2.24, 2.45) is 5.92 Å². The molecular formula is C16H20N2O2. The lowest BCUT2D eigenvalue weighted by atomic mass is 10.0. The molecule has 0 aliphatic rings. The third-order valence-electron chi connectivity index (χ3n) is 3.04. The van der Waals surface area contributed by atoms with E-state index >= 15 is 0 Å². The molecule has 4 nitrogen and oxygen atoms in total. The molecule has 0 saturated carbocycles. The SMILES string of the molecule is Cc1cc(C)cc(-c2nn(CC(C)C)cc2C(=O)O)c1. The maximum Gasteiger partial charge on any atom is 0.339 e. The summed E-state index contributed by atoms with van der Waals surface area (Å²) in [6.07, 6.45) is 1.62. The second kappa shape index (κ2) is 5.49. The van der Waals surface area contributed by atoms with E-state index in [4.69, 9.17) is 0 Å². The molecule has 0 unspecified atom stereocenters. The topological polar surface area (TPSA) is 55.1 Å². The van der Waals surface area contributed by atoms with E-state index in [1.165, 1.54) is 0 Å². The molecule has 0 aliphatic heterocycles. The third kappa shape index (κ3) is 3.07. The van der Waals surface area contributed by atoms with Crippen molar-refractivity contribution in [2.45, 2.75) is 34.2 Å². The summed E-state index contributed by atoms with van der Waals surface area (Å²) in [5.74, 6) is -0.516. The summed E-state index contributed by atoms with van der Waals surface area (Å²) in [6.45, 7) is 8.88. The summed E-state index contributed by atoms with van der Waals surface area (Å²) >= 11 is 0. The summed E-state index contributed by atoms with van der Waals surface area (Å²) in [6, 6.07) is 6.01. The second-order valence-electron chi connectivity index (χ2n) is 5.69. The Hall–Kier alpha value is -2.10. The van der Waals surface area contributed by atoms with Gasteiger partial charge in [0.05, 0.1) is 0 Å². The molecule has 0 fully saturated rings. The molecule has 20 heavy (non-hydrogen) atoms. The first-order chi connectivity index (χ1) is 9.36. The van der Waals surface area contributed by atoms with Crippen LogP contribution in [0.4, 0.5) is 0 Å². The van der Waals surface area contributed by atoms with Gasteiger partial charge >= 0.3 is 5.97 Å². The van der Waals surface area contributed by atoms with Gasteiger partial charge in [0, 0.05) is 18.3 Å². The minimum Gasteiger partial charge on any atom is -0.478 e. The molecule has 1 aromatic carbocycles. The number of nitrogens with zero attached hydrogens (tertiary/aromatic N) is 2. The lowest BCUT2D eigenvalue weighted by molar-refractivity contribution is 0.0697. The van der Waals surface area contributed by atoms with Gasteiger partial charge in [-0.2, -0.15) is 5.10 Å². The standard InChI is InChI=1S/C16H20N2O2/c1-10(2)8-18-9-14(16(19)20)15(17-18)13-6-11(3)5-12(4)7-13/h5-7,9-10H,8H2,1-4H3,(H,19,20). The van der Waals surface area contributed by atoms with Crippen LogP contribution >= 0.6 is 0 Å². The second-order valence-corrected chi connectivity index (χ2v) is 5.69. The van der Waals surface area contributed by atoms with Gasteiger partial charge in [0.2, 0.25) is 0 Å². The highest BCUT2D eigenvalue weighted by Gasteiger charge is 2.17. The van der Waals surface area contributed by atoms with Crippen LogP contribution in [-0.2, 0) is 6.54 Å². The van der Waals surface area contributed by atoms with Gasteiger partial charge in [0.25, 0.3) is 0 Å². The van der Waals surface area contributed by atoms with Gasteiger partial charge < -0.3 is 5.11 Å². The zero-order chi connectivity index (χ0) is 14.9. The van der Waals surface area contributed by atoms with Crippen molar-refractivity contribution >= 4 is 5.97 Å². The summed E-state index contributed by atoms with van der Waals surface area (Å²) in [5.41, 5.74) is 3.88. The molecule has 1 N–H and O–H groups in total. The number of hydrogen-bond acceptors (Lipinski definition) is 2. The predicted molar refractivity (Wildman–Crippen MR) is 78.9 cm³/mol. The maximum atomic E-state index is 11.4. The van der Waals surface area contributed by atoms with Crippen molar-refractivity contribution in [1.29, 1.82) is 0 Å². The molecule has 4 heteroatoms. The summed E-state index contributed by atoms with van der Waals surface area (Å²) in [5, 5.41) is 13.8. The minimum atomic E-state index is -0.936. The van der Waals surface area contributed by atoms with Gasteiger partial charge in [-0.3, -0.25) is 4.68 Å². The fourth-order valence-corrected chi connectivity index (χ4v) is 2.37. The van der Waals surface area contributed by atoms with E-state index < -0.39 is 5.97 Å². The van der Waals surface area contributed by atoms with E-state index in [-0.39, 0.29) is 5.56 Å². The van der Waals surface area contributed by atoms with E-state index in [0.29, 0.717) is 18.2 Å². The third-order valence-corrected chi connectivity index (χ3v) is 3.04. The highest BCUT2D eigenvalue weighted by molar-refractivity contribution is 5.94. The van der Waals surface area contributed by atoms with Gasteiger partial charge in [-0.25, -0.2) is 4.79 Å². The number of aromatic nitrogens is 2. The molecule has 106 valence electrons. The van der Waals surface area contributed by atoms with Crippen LogP contribution in [0.5, 0.6) is 0 Å². The van der Waals surface area contributed by atoms with Gasteiger partial charge in [0.1, 0.15) is 11.3 Å². The number of carboxylic acid groups (broad SMARTS) is 1. The Labute approximate surface area is 119 Å². The van der Waals surface area contributed by atoms with Crippen molar-refractivity contribution in [3.05, 3.63) is 41.1 Å². The maximum absolute atomic E-state index is 11.4. The lowest BCUT2D eigenvalue weighted by Gasteiger charge is -2.05. The van der Waals surface area contributed by atoms with Crippen molar-refractivity contribution in [2.75, 3.05) is 0 Å². The van der Waals surface area contributed by atoms with Crippen LogP contribution in [-0.4, -0.2) is 20.9 Å². The molecule has 0 amide bonds. The van der Waals surface area contributed by atoms with E-state index in [1.807, 2.05) is 26.0 Å². The Morgan fingerprint density at radius 1 is 1.25 bits per heavy atom. The zero-order valence-corrected chi connectivity index (χ0v) is 12.3. The molecule has 1 aromatic heterocycles. The first-order valence-electron chi connectivity index (χ1n) is 6.76. The van der Waals surface area contributed by atoms with Crippen LogP contribution in [0.3, 0.4) is 0 Å². The fraction of sp³-hybridized carbons (Fsp3) is 0.375. The Kier molecular flexibility index (Phi) is 3.93. The Morgan fingerprint density at radius 2 is 1.85 bits per heavy atom. The van der Waals surface area contributed by atoms with Gasteiger partial charge in [-0.1, -0.05) is 31.0 Å². The van der Waals surface area contributed by atoms with Crippen LogP contribution in [0.2, 0.25) is 0 Å². The number of carbonyl (C=O) groups is 1. The largest absolute Gasteiger partial charge is 0.478 e. The summed E-state index contributed by atoms with van der Waals surface area (Å²) < 4.78 is 1.72. The molecule has 0 saturated heterocycles. The first kappa shape index (κ1) is 14.3. The number of carboxylic acids is 1. The van der Waals surface area contributed by atoms with E-state index in [1.54, 1.807) is 10.9 Å². The number of rotatable bonds is 4. The lowest BCUT2D eigenvalue weighted by Crippen LogP contribution is -2.04. The number of hydrogen-bond donors (Lipinski definition) is 1. The molecular weight excluding hydrogens is 252 g/mol. The van der Waals surface area contributed by atoms with Gasteiger partial charge in [0.15, 0.2) is 0 Å². The van der Waals surface area contributed by atoms with Crippen molar-refractivity contribution in [3.8, 4) is 11.3 Å². The first-order valence-corrected chi connectivity index (χ1v) is 6.76. The molecule has 1 heterocycles. The number of benzene rings is 1. The van der Waals surface area contributed by atoms with Crippen molar-refractivity contribution in [1.82, 2.24) is 9.78 Å². The summed E-state index contributed by atoms with van der Waals surface area (Å²) in [7, 11) is 0. The average molecular weight is 272 g/mol. The van der Waals surface area contributed by atoms with E-state index in [0.717, 1.165) is 16.7 Å². The summed E-state index contributed by atoms with van der Waals surface area (Å²) in [4.78, 5) is 11.4. The fourth-order valence-electron chi connectivity index (χ4n) is 2.37.